The van der Waals surface area contributed by atoms with Crippen LogP contribution in [0.25, 0.3) is 6.08 Å². The van der Waals surface area contributed by atoms with Crippen LogP contribution in [-0.4, -0.2) is 23.3 Å². The number of amides is 1. The van der Waals surface area contributed by atoms with Gasteiger partial charge in [-0.1, -0.05) is 52.3 Å². The van der Waals surface area contributed by atoms with Gasteiger partial charge in [-0.15, -0.1) is 0 Å². The van der Waals surface area contributed by atoms with Crippen molar-refractivity contribution in [3.63, 3.8) is 0 Å². The number of carbonyl (C=O) groups is 2. The van der Waals surface area contributed by atoms with Crippen molar-refractivity contribution in [2.24, 2.45) is 0 Å². The summed E-state index contributed by atoms with van der Waals surface area (Å²) in [4.78, 5) is 26.6. The van der Waals surface area contributed by atoms with Crippen LogP contribution in [0.15, 0.2) is 59.1 Å². The minimum Gasteiger partial charge on any atom is -0.375 e. The highest BCUT2D eigenvalue weighted by Gasteiger charge is 2.50. The van der Waals surface area contributed by atoms with Crippen LogP contribution in [0.2, 0.25) is 0 Å². The van der Waals surface area contributed by atoms with Gasteiger partial charge in [-0.05, 0) is 36.8 Å². The van der Waals surface area contributed by atoms with E-state index in [1.807, 2.05) is 43.3 Å². The quantitative estimate of drug-likeness (QED) is 0.780. The van der Waals surface area contributed by atoms with Crippen molar-refractivity contribution >= 4 is 39.4 Å². The van der Waals surface area contributed by atoms with E-state index in [1.54, 1.807) is 18.2 Å². The van der Waals surface area contributed by atoms with Gasteiger partial charge in [0.25, 0.3) is 5.91 Å². The monoisotopic (exact) mass is 399 g/mol. The Hall–Kier alpha value is -2.24. The zero-order valence-electron chi connectivity index (χ0n) is 13.8. The maximum Gasteiger partial charge on any atom is 0.264 e. The minimum absolute atomic E-state index is 0.283. The van der Waals surface area contributed by atoms with Crippen LogP contribution in [0, 0.1) is 0 Å². The van der Waals surface area contributed by atoms with E-state index in [4.69, 9.17) is 0 Å². The summed E-state index contributed by atoms with van der Waals surface area (Å²) < 4.78 is 0.753. The number of aliphatic hydroxyl groups is 1. The number of halogens is 1. The summed E-state index contributed by atoms with van der Waals surface area (Å²) in [5.41, 5.74) is 0.180. The standard InChI is InChI=1S/C20H18BrNO3/c1-2-22-18-11-9-15(21)12-17(18)20(25,19(22)24)13-16(23)10-8-14-6-4-3-5-7-14/h3-12,25H,2,13H2,1H3. The van der Waals surface area contributed by atoms with Crippen LogP contribution >= 0.6 is 15.9 Å². The number of benzene rings is 2. The molecule has 3 rings (SSSR count). The molecule has 1 aliphatic rings. The van der Waals surface area contributed by atoms with Gasteiger partial charge in [0.15, 0.2) is 11.4 Å². The molecule has 1 amide bonds. The summed E-state index contributed by atoms with van der Waals surface area (Å²) in [6.45, 7) is 2.27. The van der Waals surface area contributed by atoms with Gasteiger partial charge >= 0.3 is 0 Å². The van der Waals surface area contributed by atoms with Crippen molar-refractivity contribution in [3.8, 4) is 0 Å². The van der Waals surface area contributed by atoms with Gasteiger partial charge in [-0.2, -0.15) is 0 Å². The molecule has 2 aromatic carbocycles. The molecule has 0 aliphatic carbocycles. The van der Waals surface area contributed by atoms with Crippen molar-refractivity contribution in [1.82, 2.24) is 0 Å². The van der Waals surface area contributed by atoms with E-state index in [0.717, 1.165) is 10.0 Å². The second-order valence-electron chi connectivity index (χ2n) is 5.96. The fourth-order valence-electron chi connectivity index (χ4n) is 3.07. The minimum atomic E-state index is -1.83. The number of carbonyl (C=O) groups excluding carboxylic acids is 2. The Balaban J connectivity index is 1.88. The lowest BCUT2D eigenvalue weighted by molar-refractivity contribution is -0.140. The summed E-state index contributed by atoms with van der Waals surface area (Å²) in [5, 5.41) is 11.0. The molecule has 1 N–H and O–H groups in total. The summed E-state index contributed by atoms with van der Waals surface area (Å²) in [5.74, 6) is -0.756. The maximum absolute atomic E-state index is 12.7. The topological polar surface area (TPSA) is 57.6 Å². The van der Waals surface area contributed by atoms with Crippen LogP contribution in [0.5, 0.6) is 0 Å². The molecule has 4 nitrogen and oxygen atoms in total. The van der Waals surface area contributed by atoms with E-state index in [0.29, 0.717) is 17.8 Å². The van der Waals surface area contributed by atoms with E-state index in [9.17, 15) is 14.7 Å². The predicted octanol–water partition coefficient (Wildman–Crippen LogP) is 3.68. The summed E-state index contributed by atoms with van der Waals surface area (Å²) >= 11 is 3.37. The van der Waals surface area contributed by atoms with Crippen LogP contribution in [0.3, 0.4) is 0 Å². The Bertz CT molecular complexity index is 847. The number of ketones is 1. The van der Waals surface area contributed by atoms with Crippen molar-refractivity contribution in [2.45, 2.75) is 18.9 Å². The van der Waals surface area contributed by atoms with Gasteiger partial charge in [0.05, 0.1) is 12.1 Å². The summed E-state index contributed by atoms with van der Waals surface area (Å²) in [6.07, 6.45) is 2.81. The van der Waals surface area contributed by atoms with Gasteiger partial charge in [0, 0.05) is 16.6 Å². The average Bonchev–Trinajstić information content (AvgIpc) is 2.81. The largest absolute Gasteiger partial charge is 0.375 e. The molecular weight excluding hydrogens is 382 g/mol. The van der Waals surface area contributed by atoms with Crippen LogP contribution in [0.4, 0.5) is 5.69 Å². The van der Waals surface area contributed by atoms with Crippen LogP contribution in [-0.2, 0) is 15.2 Å². The fraction of sp³-hybridized carbons (Fsp3) is 0.200. The smallest absolute Gasteiger partial charge is 0.264 e. The van der Waals surface area contributed by atoms with E-state index < -0.39 is 11.5 Å². The van der Waals surface area contributed by atoms with Gasteiger partial charge in [-0.3, -0.25) is 9.59 Å². The van der Waals surface area contributed by atoms with Crippen molar-refractivity contribution in [1.29, 1.82) is 0 Å². The third kappa shape index (κ3) is 3.30. The normalized spacial score (nSPS) is 19.5. The molecule has 1 unspecified atom stereocenters. The molecule has 0 radical (unpaired) electrons. The highest BCUT2D eigenvalue weighted by Crippen LogP contribution is 2.43. The van der Waals surface area contributed by atoms with Crippen LogP contribution < -0.4 is 4.90 Å². The first kappa shape index (κ1) is 17.6. The van der Waals surface area contributed by atoms with Gasteiger partial charge in [-0.25, -0.2) is 0 Å². The van der Waals surface area contributed by atoms with Crippen molar-refractivity contribution in [3.05, 3.63) is 70.2 Å². The lowest BCUT2D eigenvalue weighted by atomic mass is 9.89. The number of hydrogen-bond donors (Lipinski definition) is 1. The Morgan fingerprint density at radius 1 is 1.24 bits per heavy atom. The number of likely N-dealkylation sites (N-methyl/N-ethyl adjacent to an activating group) is 1. The number of anilines is 1. The fourth-order valence-corrected chi connectivity index (χ4v) is 3.43. The zero-order valence-corrected chi connectivity index (χ0v) is 15.4. The third-order valence-corrected chi connectivity index (χ3v) is 4.79. The predicted molar refractivity (Wildman–Crippen MR) is 101 cm³/mol. The molecule has 1 atom stereocenters. The highest BCUT2D eigenvalue weighted by molar-refractivity contribution is 9.10. The van der Waals surface area contributed by atoms with E-state index >= 15 is 0 Å². The molecule has 0 bridgehead atoms. The maximum atomic E-state index is 12.7. The second-order valence-corrected chi connectivity index (χ2v) is 6.87. The Kier molecular flexibility index (Phi) is 4.88. The van der Waals surface area contributed by atoms with Crippen LogP contribution in [0.1, 0.15) is 24.5 Å². The average molecular weight is 400 g/mol. The first-order valence-electron chi connectivity index (χ1n) is 8.06. The molecule has 0 saturated carbocycles. The van der Waals surface area contributed by atoms with Crippen molar-refractivity contribution < 1.29 is 14.7 Å². The Morgan fingerprint density at radius 2 is 1.96 bits per heavy atom. The SMILES string of the molecule is CCN1C(=O)C(O)(CC(=O)C=Cc2ccccc2)c2cc(Br)ccc21. The molecular formula is C20H18BrNO3. The number of fused-ring (bicyclic) bond motifs is 1. The molecule has 0 aromatic heterocycles. The molecule has 128 valence electrons. The lowest BCUT2D eigenvalue weighted by Crippen LogP contribution is -2.41. The van der Waals surface area contributed by atoms with Crippen molar-refractivity contribution in [2.75, 3.05) is 11.4 Å². The second kappa shape index (κ2) is 6.94. The van der Waals surface area contributed by atoms with Gasteiger partial charge in [0.1, 0.15) is 0 Å². The molecule has 0 saturated heterocycles. The summed E-state index contributed by atoms with van der Waals surface area (Å²) in [6, 6.07) is 14.7. The van der Waals surface area contributed by atoms with Gasteiger partial charge in [0.2, 0.25) is 0 Å². The summed E-state index contributed by atoms with van der Waals surface area (Å²) in [7, 11) is 0. The van der Waals surface area contributed by atoms with E-state index in [1.165, 1.54) is 11.0 Å². The van der Waals surface area contributed by atoms with E-state index in [2.05, 4.69) is 15.9 Å². The zero-order chi connectivity index (χ0) is 18.0. The number of hydrogen-bond acceptors (Lipinski definition) is 3. The molecule has 2 aromatic rings. The molecule has 0 spiro atoms. The molecule has 1 aliphatic heterocycles. The van der Waals surface area contributed by atoms with Gasteiger partial charge < -0.3 is 10.0 Å². The first-order valence-corrected chi connectivity index (χ1v) is 8.85. The molecule has 1 heterocycles. The van der Waals surface area contributed by atoms with E-state index in [-0.39, 0.29) is 12.2 Å². The number of allylic oxidation sites excluding steroid dienone is 1. The number of nitrogens with zero attached hydrogens (tertiary/aromatic N) is 1. The Labute approximate surface area is 154 Å². The molecule has 25 heavy (non-hydrogen) atoms. The Morgan fingerprint density at radius 3 is 2.64 bits per heavy atom. The third-order valence-electron chi connectivity index (χ3n) is 4.30. The number of rotatable bonds is 5. The molecule has 5 heteroatoms. The molecule has 0 fully saturated rings. The highest BCUT2D eigenvalue weighted by atomic mass is 79.9. The lowest BCUT2D eigenvalue weighted by Gasteiger charge is -2.21. The first-order chi connectivity index (χ1) is 12.0.